The third kappa shape index (κ3) is 2.93. The van der Waals surface area contributed by atoms with E-state index in [1.54, 1.807) is 10.9 Å². The van der Waals surface area contributed by atoms with Crippen molar-refractivity contribution in [3.8, 4) is 5.69 Å². The van der Waals surface area contributed by atoms with Crippen LogP contribution in [0, 0.1) is 6.92 Å². The lowest BCUT2D eigenvalue weighted by atomic mass is 10.2. The highest BCUT2D eigenvalue weighted by molar-refractivity contribution is 7.99. The van der Waals surface area contributed by atoms with Crippen molar-refractivity contribution in [2.24, 2.45) is 0 Å². The molecule has 3 aromatic heterocycles. The lowest BCUT2D eigenvalue weighted by Gasteiger charge is -2.06. The van der Waals surface area contributed by atoms with Crippen LogP contribution in [0.2, 0.25) is 0 Å². The number of para-hydroxylation sites is 1. The van der Waals surface area contributed by atoms with E-state index in [-0.39, 0.29) is 5.69 Å². The smallest absolute Gasteiger partial charge is 0.250 e. The topological polar surface area (TPSA) is 82.9 Å². The zero-order valence-electron chi connectivity index (χ0n) is 13.5. The highest BCUT2D eigenvalue weighted by atomic mass is 32.2. The Labute approximate surface area is 147 Å². The maximum atomic E-state index is 12.3. The average Bonchev–Trinajstić information content (AvgIpc) is 3.21. The fourth-order valence-electron chi connectivity index (χ4n) is 2.56. The van der Waals surface area contributed by atoms with Crippen LogP contribution in [0.4, 0.5) is 0 Å². The summed E-state index contributed by atoms with van der Waals surface area (Å²) in [5, 5.41) is 16.9. The molecule has 1 aromatic carbocycles. The van der Waals surface area contributed by atoms with E-state index < -0.39 is 0 Å². The fourth-order valence-corrected chi connectivity index (χ4v) is 3.36. The third-order valence-electron chi connectivity index (χ3n) is 3.81. The van der Waals surface area contributed by atoms with Crippen LogP contribution in [0.5, 0.6) is 0 Å². The molecule has 9 heteroatoms. The summed E-state index contributed by atoms with van der Waals surface area (Å²) in [5.41, 5.74) is 2.53. The van der Waals surface area contributed by atoms with Gasteiger partial charge in [0.05, 0.1) is 12.2 Å². The first-order valence-electron chi connectivity index (χ1n) is 7.75. The van der Waals surface area contributed by atoms with Gasteiger partial charge in [-0.15, -0.1) is 10.2 Å². The summed E-state index contributed by atoms with van der Waals surface area (Å²) in [6.45, 7) is 2.49. The Morgan fingerprint density at radius 2 is 1.96 bits per heavy atom. The van der Waals surface area contributed by atoms with Crippen molar-refractivity contribution in [2.75, 3.05) is 5.75 Å². The lowest BCUT2D eigenvalue weighted by Crippen LogP contribution is -2.22. The highest BCUT2D eigenvalue weighted by Gasteiger charge is 2.12. The van der Waals surface area contributed by atoms with E-state index >= 15 is 0 Å². The van der Waals surface area contributed by atoms with Crippen molar-refractivity contribution in [3.63, 3.8) is 0 Å². The van der Waals surface area contributed by atoms with Crippen molar-refractivity contribution < 1.29 is 0 Å². The zero-order valence-corrected chi connectivity index (χ0v) is 14.3. The molecule has 4 rings (SSSR count). The standard InChI is InChI=1S/C16H15N7OS/c1-12-6-2-3-7-13(12)23-15(17-19-20-23)25-11-10-22-16(24)21-9-5-4-8-14(21)18-22/h2-9H,10-11H2,1H3. The molecular weight excluding hydrogens is 338 g/mol. The molecule has 3 heterocycles. The monoisotopic (exact) mass is 353 g/mol. The number of fused-ring (bicyclic) bond motifs is 1. The lowest BCUT2D eigenvalue weighted by molar-refractivity contribution is 0.638. The Morgan fingerprint density at radius 3 is 2.80 bits per heavy atom. The molecule has 0 aliphatic heterocycles. The summed E-state index contributed by atoms with van der Waals surface area (Å²) in [5.74, 6) is 0.635. The van der Waals surface area contributed by atoms with E-state index in [9.17, 15) is 4.79 Å². The Balaban J connectivity index is 1.51. The van der Waals surface area contributed by atoms with E-state index in [1.165, 1.54) is 20.8 Å². The number of thioether (sulfide) groups is 1. The van der Waals surface area contributed by atoms with E-state index in [2.05, 4.69) is 20.6 Å². The first-order chi connectivity index (χ1) is 12.2. The molecule has 126 valence electrons. The van der Waals surface area contributed by atoms with Gasteiger partial charge in [0.1, 0.15) is 0 Å². The van der Waals surface area contributed by atoms with Gasteiger partial charge in [-0.1, -0.05) is 36.0 Å². The predicted octanol–water partition coefficient (Wildman–Crippen LogP) is 1.57. The van der Waals surface area contributed by atoms with Gasteiger partial charge in [0.2, 0.25) is 5.16 Å². The van der Waals surface area contributed by atoms with Gasteiger partial charge < -0.3 is 0 Å². The number of hydrogen-bond acceptors (Lipinski definition) is 6. The van der Waals surface area contributed by atoms with Crippen molar-refractivity contribution in [1.82, 2.24) is 34.4 Å². The SMILES string of the molecule is Cc1ccccc1-n1nnnc1SCCn1nc2ccccn2c1=O. The first-order valence-corrected chi connectivity index (χ1v) is 8.74. The fraction of sp³-hybridized carbons (Fsp3) is 0.188. The summed E-state index contributed by atoms with van der Waals surface area (Å²) in [4.78, 5) is 12.3. The molecule has 0 radical (unpaired) electrons. The zero-order chi connectivity index (χ0) is 17.2. The molecule has 8 nitrogen and oxygen atoms in total. The number of tetrazole rings is 1. The number of hydrogen-bond donors (Lipinski definition) is 0. The molecule has 0 amide bonds. The molecule has 0 fully saturated rings. The minimum Gasteiger partial charge on any atom is -0.250 e. The second kappa shape index (κ2) is 6.52. The molecule has 0 unspecified atom stereocenters. The number of aryl methyl sites for hydroxylation is 2. The summed E-state index contributed by atoms with van der Waals surface area (Å²) in [7, 11) is 0. The number of nitrogens with zero attached hydrogens (tertiary/aromatic N) is 7. The number of rotatable bonds is 5. The minimum atomic E-state index is -0.144. The van der Waals surface area contributed by atoms with Gasteiger partial charge in [-0.2, -0.15) is 4.68 Å². The summed E-state index contributed by atoms with van der Waals surface area (Å²) in [6.07, 6.45) is 1.72. The Hall–Kier alpha value is -2.94. The normalized spacial score (nSPS) is 11.2. The molecule has 4 aromatic rings. The Bertz CT molecular complexity index is 1080. The molecule has 0 saturated heterocycles. The molecule has 0 aliphatic rings. The van der Waals surface area contributed by atoms with E-state index in [0.717, 1.165) is 11.3 Å². The number of pyridine rings is 1. The number of benzene rings is 1. The van der Waals surface area contributed by atoms with Gasteiger partial charge >= 0.3 is 5.69 Å². The maximum Gasteiger partial charge on any atom is 0.350 e. The molecule has 0 aliphatic carbocycles. The summed E-state index contributed by atoms with van der Waals surface area (Å²) in [6, 6.07) is 13.4. The average molecular weight is 353 g/mol. The molecule has 0 bridgehead atoms. The first kappa shape index (κ1) is 15.6. The van der Waals surface area contributed by atoms with E-state index in [0.29, 0.717) is 23.1 Å². The largest absolute Gasteiger partial charge is 0.350 e. The predicted molar refractivity (Wildman–Crippen MR) is 94.1 cm³/mol. The summed E-state index contributed by atoms with van der Waals surface area (Å²) >= 11 is 1.49. The highest BCUT2D eigenvalue weighted by Crippen LogP contribution is 2.20. The van der Waals surface area contributed by atoms with Crippen LogP contribution in [0.1, 0.15) is 5.56 Å². The van der Waals surface area contributed by atoms with Gasteiger partial charge in [0, 0.05) is 11.9 Å². The van der Waals surface area contributed by atoms with Crippen LogP contribution >= 0.6 is 11.8 Å². The van der Waals surface area contributed by atoms with Crippen molar-refractivity contribution in [1.29, 1.82) is 0 Å². The molecule has 0 N–H and O–H groups in total. The molecule has 25 heavy (non-hydrogen) atoms. The molecular formula is C16H15N7OS. The quantitative estimate of drug-likeness (QED) is 0.507. The molecule has 0 spiro atoms. The van der Waals surface area contributed by atoms with Crippen LogP contribution in [0.25, 0.3) is 11.3 Å². The minimum absolute atomic E-state index is 0.144. The van der Waals surface area contributed by atoms with Crippen LogP contribution in [0.15, 0.2) is 58.6 Å². The Morgan fingerprint density at radius 1 is 1.12 bits per heavy atom. The maximum absolute atomic E-state index is 12.3. The number of aromatic nitrogens is 7. The third-order valence-corrected chi connectivity index (χ3v) is 4.71. The van der Waals surface area contributed by atoms with E-state index in [1.807, 2.05) is 49.4 Å². The molecule has 0 saturated carbocycles. The van der Waals surface area contributed by atoms with Gasteiger partial charge in [0.25, 0.3) is 0 Å². The van der Waals surface area contributed by atoms with Crippen molar-refractivity contribution in [3.05, 3.63) is 64.7 Å². The Kier molecular flexibility index (Phi) is 4.06. The van der Waals surface area contributed by atoms with Crippen LogP contribution in [0.3, 0.4) is 0 Å². The van der Waals surface area contributed by atoms with Crippen LogP contribution in [-0.2, 0) is 6.54 Å². The van der Waals surface area contributed by atoms with Crippen LogP contribution in [-0.4, -0.2) is 40.1 Å². The van der Waals surface area contributed by atoms with Gasteiger partial charge in [0.15, 0.2) is 5.65 Å². The van der Waals surface area contributed by atoms with Gasteiger partial charge in [-0.05, 0) is 41.1 Å². The molecule has 0 atom stereocenters. The second-order valence-electron chi connectivity index (χ2n) is 5.44. The van der Waals surface area contributed by atoms with E-state index in [4.69, 9.17) is 0 Å². The van der Waals surface area contributed by atoms with Crippen molar-refractivity contribution >= 4 is 17.4 Å². The van der Waals surface area contributed by atoms with Gasteiger partial charge in [-0.25, -0.2) is 9.48 Å². The second-order valence-corrected chi connectivity index (χ2v) is 6.50. The summed E-state index contributed by atoms with van der Waals surface area (Å²) < 4.78 is 4.71. The van der Waals surface area contributed by atoms with Crippen molar-refractivity contribution in [2.45, 2.75) is 18.6 Å². The van der Waals surface area contributed by atoms with Crippen LogP contribution < -0.4 is 5.69 Å². The van der Waals surface area contributed by atoms with Gasteiger partial charge in [-0.3, -0.25) is 4.40 Å².